The molecule has 0 saturated carbocycles. The summed E-state index contributed by atoms with van der Waals surface area (Å²) in [7, 11) is 0. The molecule has 3 N–H and O–H groups in total. The molecular formula is C13H16ClNO5. The Morgan fingerprint density at radius 2 is 1.95 bits per heavy atom. The number of hydrogen-bond donors (Lipinski definition) is 3. The molecule has 1 atom stereocenters. The highest BCUT2D eigenvalue weighted by molar-refractivity contribution is 6.33. The summed E-state index contributed by atoms with van der Waals surface area (Å²) in [6.07, 6.45) is -2.41. The first kappa shape index (κ1) is 16.3. The van der Waals surface area contributed by atoms with Crippen LogP contribution in [-0.4, -0.2) is 27.9 Å². The molecule has 1 aromatic rings. The van der Waals surface area contributed by atoms with Crippen LogP contribution in [0.3, 0.4) is 0 Å². The van der Waals surface area contributed by atoms with Crippen molar-refractivity contribution in [1.82, 2.24) is 0 Å². The Labute approximate surface area is 121 Å². The van der Waals surface area contributed by atoms with Crippen LogP contribution in [0, 0.1) is 0 Å². The van der Waals surface area contributed by atoms with E-state index in [0.29, 0.717) is 0 Å². The number of carbonyl (C=O) groups excluding carboxylic acids is 1. The topological polar surface area (TPSA) is 95.9 Å². The van der Waals surface area contributed by atoms with Gasteiger partial charge in [-0.25, -0.2) is 9.59 Å². The fourth-order valence-electron chi connectivity index (χ4n) is 1.36. The Morgan fingerprint density at radius 3 is 2.45 bits per heavy atom. The van der Waals surface area contributed by atoms with E-state index in [9.17, 15) is 14.7 Å². The van der Waals surface area contributed by atoms with E-state index in [1.54, 1.807) is 20.8 Å². The van der Waals surface area contributed by atoms with Crippen LogP contribution in [-0.2, 0) is 9.53 Å². The van der Waals surface area contributed by atoms with Crippen molar-refractivity contribution < 1.29 is 24.5 Å². The monoisotopic (exact) mass is 301 g/mol. The number of ether oxygens (including phenoxy) is 1. The van der Waals surface area contributed by atoms with Gasteiger partial charge >= 0.3 is 12.1 Å². The fraction of sp³-hybridized carbons (Fsp3) is 0.385. The number of nitrogens with one attached hydrogen (secondary N) is 1. The number of aliphatic hydroxyl groups is 1. The number of carboxylic acid groups (broad SMARTS) is 1. The predicted molar refractivity (Wildman–Crippen MR) is 73.9 cm³/mol. The van der Waals surface area contributed by atoms with Crippen molar-refractivity contribution in [3.63, 3.8) is 0 Å². The largest absolute Gasteiger partial charge is 0.479 e. The van der Waals surface area contributed by atoms with E-state index >= 15 is 0 Å². The molecule has 0 aliphatic carbocycles. The van der Waals surface area contributed by atoms with E-state index in [0.717, 1.165) is 0 Å². The summed E-state index contributed by atoms with van der Waals surface area (Å²) < 4.78 is 5.06. The van der Waals surface area contributed by atoms with Crippen LogP contribution in [0.5, 0.6) is 0 Å². The molecule has 0 aliphatic rings. The summed E-state index contributed by atoms with van der Waals surface area (Å²) in [6.45, 7) is 5.12. The quantitative estimate of drug-likeness (QED) is 0.798. The third-order valence-corrected chi connectivity index (χ3v) is 2.51. The van der Waals surface area contributed by atoms with Gasteiger partial charge in [-0.3, -0.25) is 5.32 Å². The number of aliphatic hydroxyl groups excluding tert-OH is 1. The SMILES string of the molecule is CC(C)(C)OC(=O)Nc1cc(C(O)C(=O)O)ccc1Cl. The van der Waals surface area contributed by atoms with Gasteiger partial charge in [0.2, 0.25) is 0 Å². The third kappa shape index (κ3) is 4.71. The molecule has 0 spiro atoms. The molecule has 0 aromatic heterocycles. The average Bonchev–Trinajstić information content (AvgIpc) is 2.28. The van der Waals surface area contributed by atoms with Gasteiger partial charge in [0.15, 0.2) is 6.10 Å². The van der Waals surface area contributed by atoms with Gasteiger partial charge in [0, 0.05) is 0 Å². The van der Waals surface area contributed by atoms with Crippen LogP contribution in [0.25, 0.3) is 0 Å². The number of benzene rings is 1. The van der Waals surface area contributed by atoms with Gasteiger partial charge < -0.3 is 14.9 Å². The number of carbonyl (C=O) groups is 2. The standard InChI is InChI=1S/C13H16ClNO5/c1-13(2,3)20-12(19)15-9-6-7(4-5-8(9)14)10(16)11(17)18/h4-6,10,16H,1-3H3,(H,15,19)(H,17,18). The number of carboxylic acids is 1. The molecule has 0 heterocycles. The van der Waals surface area contributed by atoms with Crippen LogP contribution < -0.4 is 5.32 Å². The van der Waals surface area contributed by atoms with Gasteiger partial charge in [0.1, 0.15) is 5.60 Å². The van der Waals surface area contributed by atoms with E-state index in [-0.39, 0.29) is 16.3 Å². The zero-order valence-electron chi connectivity index (χ0n) is 11.3. The maximum Gasteiger partial charge on any atom is 0.412 e. The second-order valence-corrected chi connectivity index (χ2v) is 5.51. The van der Waals surface area contributed by atoms with E-state index in [1.807, 2.05) is 0 Å². The summed E-state index contributed by atoms with van der Waals surface area (Å²) in [5.41, 5.74) is -0.402. The molecule has 0 radical (unpaired) electrons. The fourth-order valence-corrected chi connectivity index (χ4v) is 1.53. The maximum atomic E-state index is 11.6. The van der Waals surface area contributed by atoms with Crippen molar-refractivity contribution in [2.75, 3.05) is 5.32 Å². The number of anilines is 1. The van der Waals surface area contributed by atoms with E-state index < -0.39 is 23.8 Å². The summed E-state index contributed by atoms with van der Waals surface area (Å²) >= 11 is 5.90. The molecular weight excluding hydrogens is 286 g/mol. The molecule has 0 fully saturated rings. The zero-order chi connectivity index (χ0) is 15.5. The molecule has 0 aliphatic heterocycles. The van der Waals surface area contributed by atoms with Crippen molar-refractivity contribution in [2.24, 2.45) is 0 Å². The number of aliphatic carboxylic acids is 1. The molecule has 1 unspecified atom stereocenters. The lowest BCUT2D eigenvalue weighted by atomic mass is 10.1. The van der Waals surface area contributed by atoms with Gasteiger partial charge in [-0.2, -0.15) is 0 Å². The highest BCUT2D eigenvalue weighted by Crippen LogP contribution is 2.26. The van der Waals surface area contributed by atoms with Crippen molar-refractivity contribution in [3.05, 3.63) is 28.8 Å². The number of halogens is 1. The van der Waals surface area contributed by atoms with Crippen molar-refractivity contribution in [1.29, 1.82) is 0 Å². The Morgan fingerprint density at radius 1 is 1.35 bits per heavy atom. The minimum Gasteiger partial charge on any atom is -0.479 e. The van der Waals surface area contributed by atoms with Gasteiger partial charge in [0.25, 0.3) is 0 Å². The summed E-state index contributed by atoms with van der Waals surface area (Å²) in [6, 6.07) is 4.03. The minimum absolute atomic E-state index is 0.105. The van der Waals surface area contributed by atoms with Crippen molar-refractivity contribution in [3.8, 4) is 0 Å². The lowest BCUT2D eigenvalue weighted by Crippen LogP contribution is -2.27. The Bertz CT molecular complexity index is 524. The molecule has 1 rings (SSSR count). The summed E-state index contributed by atoms with van der Waals surface area (Å²) in [5.74, 6) is -1.39. The normalized spacial score (nSPS) is 12.7. The highest BCUT2D eigenvalue weighted by atomic mass is 35.5. The Kier molecular flexibility index (Phi) is 4.97. The maximum absolute atomic E-state index is 11.6. The molecule has 0 saturated heterocycles. The molecule has 0 bridgehead atoms. The van der Waals surface area contributed by atoms with Crippen LogP contribution in [0.1, 0.15) is 32.4 Å². The Hall–Kier alpha value is -1.79. The van der Waals surface area contributed by atoms with E-state index in [1.165, 1.54) is 18.2 Å². The van der Waals surface area contributed by atoms with Crippen molar-refractivity contribution >= 4 is 29.4 Å². The third-order valence-electron chi connectivity index (χ3n) is 2.18. The van der Waals surface area contributed by atoms with Crippen molar-refractivity contribution in [2.45, 2.75) is 32.5 Å². The van der Waals surface area contributed by atoms with Gasteiger partial charge in [-0.05, 0) is 38.5 Å². The van der Waals surface area contributed by atoms with Gasteiger partial charge in [-0.15, -0.1) is 0 Å². The smallest absolute Gasteiger partial charge is 0.412 e. The molecule has 7 heteroatoms. The minimum atomic E-state index is -1.69. The molecule has 1 aromatic carbocycles. The van der Waals surface area contributed by atoms with Gasteiger partial charge in [0.05, 0.1) is 10.7 Å². The van der Waals surface area contributed by atoms with E-state index in [2.05, 4.69) is 5.32 Å². The Balaban J connectivity index is 2.92. The first-order valence-electron chi connectivity index (χ1n) is 5.80. The molecule has 20 heavy (non-hydrogen) atoms. The molecule has 110 valence electrons. The van der Waals surface area contributed by atoms with Crippen LogP contribution in [0.15, 0.2) is 18.2 Å². The number of hydrogen-bond acceptors (Lipinski definition) is 4. The first-order valence-corrected chi connectivity index (χ1v) is 6.18. The van der Waals surface area contributed by atoms with E-state index in [4.69, 9.17) is 21.4 Å². The summed E-state index contributed by atoms with van der Waals surface area (Å²) in [5, 5.41) is 20.8. The van der Waals surface area contributed by atoms with Crippen LogP contribution in [0.2, 0.25) is 5.02 Å². The first-order chi connectivity index (χ1) is 9.10. The van der Waals surface area contributed by atoms with Crippen LogP contribution >= 0.6 is 11.6 Å². The van der Waals surface area contributed by atoms with Crippen LogP contribution in [0.4, 0.5) is 10.5 Å². The molecule has 6 nitrogen and oxygen atoms in total. The summed E-state index contributed by atoms with van der Waals surface area (Å²) in [4.78, 5) is 22.3. The van der Waals surface area contributed by atoms with Gasteiger partial charge in [-0.1, -0.05) is 17.7 Å². The zero-order valence-corrected chi connectivity index (χ0v) is 12.1. The second kappa shape index (κ2) is 6.11. The predicted octanol–water partition coefficient (Wildman–Crippen LogP) is 2.80. The lowest BCUT2D eigenvalue weighted by Gasteiger charge is -2.20. The second-order valence-electron chi connectivity index (χ2n) is 5.11. The number of rotatable bonds is 3. The average molecular weight is 302 g/mol. The number of amides is 1. The highest BCUT2D eigenvalue weighted by Gasteiger charge is 2.20. The lowest BCUT2D eigenvalue weighted by molar-refractivity contribution is -0.146. The molecule has 1 amide bonds.